The Morgan fingerprint density at radius 2 is 1.50 bits per heavy atom. The van der Waals surface area contributed by atoms with E-state index in [4.69, 9.17) is 0 Å². The highest BCUT2D eigenvalue weighted by atomic mass is 16.2. The average molecular weight is 351 g/mol. The van der Waals surface area contributed by atoms with Gasteiger partial charge in [-0.25, -0.2) is 0 Å². The Bertz CT molecular complexity index is 648. The maximum Gasteiger partial charge on any atom is 0.228 e. The quantitative estimate of drug-likeness (QED) is 0.719. The van der Waals surface area contributed by atoms with Gasteiger partial charge in [0.15, 0.2) is 0 Å². The molecule has 0 unspecified atom stereocenters. The highest BCUT2D eigenvalue weighted by Crippen LogP contribution is 2.19. The molecular weight excluding hydrogens is 320 g/mol. The molecule has 0 heterocycles. The van der Waals surface area contributed by atoms with Crippen LogP contribution in [0.2, 0.25) is 0 Å². The normalized spacial score (nSPS) is 15.4. The van der Waals surface area contributed by atoms with E-state index >= 15 is 0 Å². The number of benzene rings is 2. The third-order valence-corrected chi connectivity index (χ3v) is 5.18. The molecule has 0 aliphatic heterocycles. The van der Waals surface area contributed by atoms with Gasteiger partial charge in [0, 0.05) is 24.7 Å². The van der Waals surface area contributed by atoms with E-state index in [2.05, 4.69) is 17.4 Å². The summed E-state index contributed by atoms with van der Waals surface area (Å²) in [6, 6.07) is 20.8. The highest BCUT2D eigenvalue weighted by molar-refractivity contribution is 5.93. The number of nitrogens with zero attached hydrogens (tertiary/aromatic N) is 1. The van der Waals surface area contributed by atoms with E-state index in [-0.39, 0.29) is 5.91 Å². The summed E-state index contributed by atoms with van der Waals surface area (Å²) in [6.45, 7) is 1.38. The van der Waals surface area contributed by atoms with Crippen molar-refractivity contribution in [1.29, 1.82) is 0 Å². The first-order valence-electron chi connectivity index (χ1n) is 9.95. The van der Waals surface area contributed by atoms with Crippen LogP contribution in [0.4, 0.5) is 5.69 Å². The van der Waals surface area contributed by atoms with Gasteiger partial charge >= 0.3 is 0 Å². The molecule has 138 valence electrons. The molecule has 3 heteroatoms. The van der Waals surface area contributed by atoms with Gasteiger partial charge in [-0.1, -0.05) is 74.2 Å². The van der Waals surface area contributed by atoms with E-state index < -0.39 is 0 Å². The number of nitrogens with one attached hydrogen (secondary N) is 1. The predicted octanol–water partition coefficient (Wildman–Crippen LogP) is 4.92. The summed E-state index contributed by atoms with van der Waals surface area (Å²) in [5.41, 5.74) is 2.12. The molecule has 0 aromatic heterocycles. The van der Waals surface area contributed by atoms with Gasteiger partial charge in [-0.2, -0.15) is 0 Å². The van der Waals surface area contributed by atoms with Crippen molar-refractivity contribution in [2.75, 3.05) is 11.4 Å². The fourth-order valence-corrected chi connectivity index (χ4v) is 3.70. The monoisotopic (exact) mass is 350 g/mol. The molecule has 0 radical (unpaired) electrons. The van der Waals surface area contributed by atoms with Crippen LogP contribution in [0.25, 0.3) is 0 Å². The van der Waals surface area contributed by atoms with E-state index in [1.165, 1.54) is 38.5 Å². The lowest BCUT2D eigenvalue weighted by Gasteiger charge is -2.24. The number of amides is 1. The van der Waals surface area contributed by atoms with Crippen molar-refractivity contribution in [3.63, 3.8) is 0 Å². The molecule has 1 N–H and O–H groups in total. The van der Waals surface area contributed by atoms with Gasteiger partial charge in [0.05, 0.1) is 6.54 Å². The summed E-state index contributed by atoms with van der Waals surface area (Å²) in [5.74, 6) is 0.182. The molecule has 2 aromatic carbocycles. The van der Waals surface area contributed by atoms with Gasteiger partial charge in [0.1, 0.15) is 0 Å². The summed E-state index contributed by atoms with van der Waals surface area (Å²) in [6.07, 6.45) is 8.39. The second-order valence-corrected chi connectivity index (χ2v) is 7.19. The van der Waals surface area contributed by atoms with Crippen LogP contribution in [0.1, 0.15) is 50.5 Å². The maximum absolute atomic E-state index is 12.9. The minimum atomic E-state index is 0.182. The standard InChI is InChI=1S/C23H30N2O/c26-23(17-18-24-21-13-7-1-2-8-14-21)25(22-15-9-4-10-16-22)19-20-11-5-3-6-12-20/h3-6,9-12,15-16,21,24H,1-2,7-8,13-14,17-19H2. The molecule has 3 rings (SSSR count). The lowest BCUT2D eigenvalue weighted by atomic mass is 10.1. The number of carbonyl (C=O) groups is 1. The van der Waals surface area contributed by atoms with E-state index in [1.54, 1.807) is 0 Å². The van der Waals surface area contributed by atoms with Crippen molar-refractivity contribution in [2.45, 2.75) is 57.5 Å². The fraction of sp³-hybridized carbons (Fsp3) is 0.435. The second kappa shape index (κ2) is 10.1. The molecule has 1 amide bonds. The largest absolute Gasteiger partial charge is 0.313 e. The van der Waals surface area contributed by atoms with Crippen molar-refractivity contribution in [2.24, 2.45) is 0 Å². The van der Waals surface area contributed by atoms with Crippen LogP contribution in [-0.4, -0.2) is 18.5 Å². The predicted molar refractivity (Wildman–Crippen MR) is 108 cm³/mol. The number of carbonyl (C=O) groups excluding carboxylic acids is 1. The fourth-order valence-electron chi connectivity index (χ4n) is 3.70. The Morgan fingerprint density at radius 3 is 2.15 bits per heavy atom. The molecular formula is C23H30N2O. The van der Waals surface area contributed by atoms with Crippen LogP contribution in [0.5, 0.6) is 0 Å². The number of hydrogen-bond acceptors (Lipinski definition) is 2. The Labute approximate surface area is 157 Å². The first kappa shape index (κ1) is 18.7. The number of para-hydroxylation sites is 1. The van der Waals surface area contributed by atoms with Crippen molar-refractivity contribution < 1.29 is 4.79 Å². The van der Waals surface area contributed by atoms with Crippen LogP contribution in [0.15, 0.2) is 60.7 Å². The molecule has 1 saturated carbocycles. The zero-order valence-electron chi connectivity index (χ0n) is 15.6. The highest BCUT2D eigenvalue weighted by Gasteiger charge is 2.17. The number of rotatable bonds is 7. The first-order valence-corrected chi connectivity index (χ1v) is 9.95. The minimum Gasteiger partial charge on any atom is -0.313 e. The topological polar surface area (TPSA) is 32.3 Å². The van der Waals surface area contributed by atoms with Crippen molar-refractivity contribution in [1.82, 2.24) is 5.32 Å². The molecule has 0 atom stereocenters. The lowest BCUT2D eigenvalue weighted by molar-refractivity contribution is -0.118. The summed E-state index contributed by atoms with van der Waals surface area (Å²) >= 11 is 0. The average Bonchev–Trinajstić information content (AvgIpc) is 2.96. The minimum absolute atomic E-state index is 0.182. The molecule has 26 heavy (non-hydrogen) atoms. The third-order valence-electron chi connectivity index (χ3n) is 5.18. The van der Waals surface area contributed by atoms with E-state index in [0.29, 0.717) is 19.0 Å². The van der Waals surface area contributed by atoms with E-state index in [1.807, 2.05) is 53.4 Å². The van der Waals surface area contributed by atoms with Gasteiger partial charge in [-0.15, -0.1) is 0 Å². The molecule has 0 bridgehead atoms. The van der Waals surface area contributed by atoms with Crippen LogP contribution in [0.3, 0.4) is 0 Å². The summed E-state index contributed by atoms with van der Waals surface area (Å²) < 4.78 is 0. The number of anilines is 1. The number of hydrogen-bond donors (Lipinski definition) is 1. The van der Waals surface area contributed by atoms with Crippen molar-refractivity contribution in [3.05, 3.63) is 66.2 Å². The van der Waals surface area contributed by atoms with Gasteiger partial charge < -0.3 is 10.2 Å². The van der Waals surface area contributed by atoms with Crippen molar-refractivity contribution in [3.8, 4) is 0 Å². The summed E-state index contributed by atoms with van der Waals surface area (Å²) in [7, 11) is 0. The lowest BCUT2D eigenvalue weighted by Crippen LogP contribution is -2.35. The van der Waals surface area contributed by atoms with E-state index in [0.717, 1.165) is 17.8 Å². The van der Waals surface area contributed by atoms with Gasteiger partial charge in [0.2, 0.25) is 5.91 Å². The molecule has 1 fully saturated rings. The van der Waals surface area contributed by atoms with Crippen molar-refractivity contribution >= 4 is 11.6 Å². The summed E-state index contributed by atoms with van der Waals surface area (Å²) in [5, 5.41) is 3.62. The van der Waals surface area contributed by atoms with Crippen LogP contribution >= 0.6 is 0 Å². The Kier molecular flexibility index (Phi) is 7.26. The Balaban J connectivity index is 1.59. The van der Waals surface area contributed by atoms with Gasteiger partial charge in [0.25, 0.3) is 0 Å². The van der Waals surface area contributed by atoms with Gasteiger partial charge in [-0.05, 0) is 30.5 Å². The molecule has 1 aliphatic carbocycles. The summed E-state index contributed by atoms with van der Waals surface area (Å²) in [4.78, 5) is 14.9. The molecule has 2 aromatic rings. The third kappa shape index (κ3) is 5.70. The zero-order valence-corrected chi connectivity index (χ0v) is 15.6. The second-order valence-electron chi connectivity index (χ2n) is 7.19. The Morgan fingerprint density at radius 1 is 0.885 bits per heavy atom. The van der Waals surface area contributed by atoms with Gasteiger partial charge in [-0.3, -0.25) is 4.79 Å². The molecule has 0 spiro atoms. The maximum atomic E-state index is 12.9. The molecule has 0 saturated heterocycles. The first-order chi connectivity index (χ1) is 12.8. The van der Waals surface area contributed by atoms with Crippen LogP contribution in [0, 0.1) is 0 Å². The zero-order chi connectivity index (χ0) is 18.0. The SMILES string of the molecule is O=C(CCNC1CCCCCC1)N(Cc1ccccc1)c1ccccc1. The van der Waals surface area contributed by atoms with E-state index in [9.17, 15) is 4.79 Å². The molecule has 1 aliphatic rings. The molecule has 3 nitrogen and oxygen atoms in total. The van der Waals surface area contributed by atoms with Crippen LogP contribution < -0.4 is 10.2 Å². The smallest absolute Gasteiger partial charge is 0.228 e. The van der Waals surface area contributed by atoms with Crippen LogP contribution in [-0.2, 0) is 11.3 Å². The Hall–Kier alpha value is -2.13.